The lowest BCUT2D eigenvalue weighted by Crippen LogP contribution is -2.47. The number of imidazole rings is 1. The average Bonchev–Trinajstić information content (AvgIpc) is 2.89. The quantitative estimate of drug-likeness (QED) is 0.859. The van der Waals surface area contributed by atoms with Crippen LogP contribution in [-0.4, -0.2) is 29.3 Å². The van der Waals surface area contributed by atoms with E-state index in [4.69, 9.17) is 4.74 Å². The molecule has 0 amide bonds. The van der Waals surface area contributed by atoms with E-state index in [0.717, 1.165) is 31.6 Å². The molecule has 1 atom stereocenters. The van der Waals surface area contributed by atoms with Crippen LogP contribution in [0.15, 0.2) is 12.4 Å². The van der Waals surface area contributed by atoms with E-state index in [1.165, 1.54) is 19.3 Å². The van der Waals surface area contributed by atoms with Crippen molar-refractivity contribution in [1.29, 1.82) is 0 Å². The van der Waals surface area contributed by atoms with Crippen LogP contribution in [0.1, 0.15) is 57.3 Å². The van der Waals surface area contributed by atoms with Gasteiger partial charge in [-0.1, -0.05) is 26.2 Å². The Labute approximate surface area is 116 Å². The van der Waals surface area contributed by atoms with Gasteiger partial charge in [0, 0.05) is 26.0 Å². The van der Waals surface area contributed by atoms with Crippen LogP contribution in [0.3, 0.4) is 0 Å². The minimum atomic E-state index is -0.0934. The number of nitrogens with zero attached hydrogens (tertiary/aromatic N) is 2. The highest BCUT2D eigenvalue weighted by atomic mass is 16.5. The number of aryl methyl sites for hydroxylation is 1. The molecule has 1 aliphatic rings. The smallest absolute Gasteiger partial charge is 0.128 e. The van der Waals surface area contributed by atoms with Crippen molar-refractivity contribution in [2.75, 3.05) is 14.2 Å². The summed E-state index contributed by atoms with van der Waals surface area (Å²) in [5, 5.41) is 3.46. The van der Waals surface area contributed by atoms with E-state index in [0.29, 0.717) is 0 Å². The highest BCUT2D eigenvalue weighted by molar-refractivity contribution is 5.09. The summed E-state index contributed by atoms with van der Waals surface area (Å²) in [5.41, 5.74) is -0.0934. The first-order chi connectivity index (χ1) is 9.27. The fraction of sp³-hybridized carbons (Fsp3) is 0.800. The predicted molar refractivity (Wildman–Crippen MR) is 77.1 cm³/mol. The zero-order valence-corrected chi connectivity index (χ0v) is 12.5. The Morgan fingerprint density at radius 1 is 1.42 bits per heavy atom. The van der Waals surface area contributed by atoms with Crippen molar-refractivity contribution >= 4 is 0 Å². The van der Waals surface area contributed by atoms with Crippen LogP contribution in [0.2, 0.25) is 0 Å². The van der Waals surface area contributed by atoms with Crippen molar-refractivity contribution < 1.29 is 4.74 Å². The summed E-state index contributed by atoms with van der Waals surface area (Å²) in [4.78, 5) is 4.59. The topological polar surface area (TPSA) is 39.1 Å². The molecule has 0 radical (unpaired) electrons. The summed E-state index contributed by atoms with van der Waals surface area (Å²) in [6.45, 7) is 3.22. The molecular weight excluding hydrogens is 238 g/mol. The van der Waals surface area contributed by atoms with Gasteiger partial charge in [0.1, 0.15) is 5.82 Å². The molecule has 108 valence electrons. The maximum Gasteiger partial charge on any atom is 0.128 e. The second-order valence-corrected chi connectivity index (χ2v) is 5.53. The first-order valence-electron chi connectivity index (χ1n) is 7.51. The molecule has 0 aromatic carbocycles. The summed E-state index contributed by atoms with van der Waals surface area (Å²) in [6.07, 6.45) is 11.2. The lowest BCUT2D eigenvalue weighted by atomic mass is 9.78. The predicted octanol–water partition coefficient (Wildman–Crippen LogP) is 2.90. The first-order valence-corrected chi connectivity index (χ1v) is 7.51. The van der Waals surface area contributed by atoms with Gasteiger partial charge in [-0.05, 0) is 26.3 Å². The molecule has 4 nitrogen and oxygen atoms in total. The SMILES string of the molecule is CCCn1ccnc1C(NC)C1(OC)CCCCC1. The van der Waals surface area contributed by atoms with Gasteiger partial charge in [0.2, 0.25) is 0 Å². The Bertz CT molecular complexity index is 382. The molecule has 0 bridgehead atoms. The lowest BCUT2D eigenvalue weighted by molar-refractivity contribution is -0.0698. The molecule has 19 heavy (non-hydrogen) atoms. The zero-order chi connectivity index (χ0) is 13.7. The molecule has 1 heterocycles. The van der Waals surface area contributed by atoms with Gasteiger partial charge in [0.15, 0.2) is 0 Å². The number of ether oxygens (including phenoxy) is 1. The molecule has 0 aliphatic heterocycles. The van der Waals surface area contributed by atoms with Gasteiger partial charge in [-0.2, -0.15) is 0 Å². The molecule has 1 N–H and O–H groups in total. The van der Waals surface area contributed by atoms with Gasteiger partial charge >= 0.3 is 0 Å². The lowest BCUT2D eigenvalue weighted by Gasteiger charge is -2.42. The van der Waals surface area contributed by atoms with Crippen LogP contribution in [0.5, 0.6) is 0 Å². The number of hydrogen-bond donors (Lipinski definition) is 1. The number of aromatic nitrogens is 2. The highest BCUT2D eigenvalue weighted by Gasteiger charge is 2.42. The normalized spacial score (nSPS) is 20.4. The van der Waals surface area contributed by atoms with Crippen molar-refractivity contribution in [3.05, 3.63) is 18.2 Å². The Balaban J connectivity index is 2.28. The van der Waals surface area contributed by atoms with E-state index >= 15 is 0 Å². The molecule has 1 fully saturated rings. The monoisotopic (exact) mass is 265 g/mol. The number of hydrogen-bond acceptors (Lipinski definition) is 3. The van der Waals surface area contributed by atoms with Crippen LogP contribution in [0.4, 0.5) is 0 Å². The van der Waals surface area contributed by atoms with Gasteiger partial charge in [0.05, 0.1) is 11.6 Å². The van der Waals surface area contributed by atoms with E-state index in [1.807, 2.05) is 20.4 Å². The maximum absolute atomic E-state index is 5.97. The Hall–Kier alpha value is -0.870. The van der Waals surface area contributed by atoms with Crippen LogP contribution < -0.4 is 5.32 Å². The Morgan fingerprint density at radius 3 is 2.74 bits per heavy atom. The molecular formula is C15H27N3O. The van der Waals surface area contributed by atoms with Gasteiger partial charge < -0.3 is 14.6 Å². The van der Waals surface area contributed by atoms with Crippen molar-refractivity contribution in [1.82, 2.24) is 14.9 Å². The van der Waals surface area contributed by atoms with Crippen LogP contribution >= 0.6 is 0 Å². The first kappa shape index (κ1) is 14.5. The molecule has 0 saturated heterocycles. The Kier molecular flexibility index (Phi) is 4.99. The standard InChI is InChI=1S/C15H27N3O/c1-4-11-18-12-10-17-14(18)13(16-2)15(19-3)8-6-5-7-9-15/h10,12-13,16H,4-9,11H2,1-3H3. The summed E-state index contributed by atoms with van der Waals surface area (Å²) in [5.74, 6) is 1.12. The fourth-order valence-electron chi connectivity index (χ4n) is 3.40. The third kappa shape index (κ3) is 2.84. The maximum atomic E-state index is 5.97. The van der Waals surface area contributed by atoms with E-state index < -0.39 is 0 Å². The van der Waals surface area contributed by atoms with Gasteiger partial charge in [-0.25, -0.2) is 4.98 Å². The van der Waals surface area contributed by atoms with Gasteiger partial charge in [-0.15, -0.1) is 0 Å². The van der Waals surface area contributed by atoms with E-state index in [1.54, 1.807) is 0 Å². The molecule has 1 aromatic rings. The molecule has 1 aromatic heterocycles. The summed E-state index contributed by atoms with van der Waals surface area (Å²) in [6, 6.07) is 0.180. The van der Waals surface area contributed by atoms with Crippen molar-refractivity contribution in [2.24, 2.45) is 0 Å². The molecule has 0 spiro atoms. The second-order valence-electron chi connectivity index (χ2n) is 5.53. The molecule has 4 heteroatoms. The third-order valence-corrected chi connectivity index (χ3v) is 4.39. The van der Waals surface area contributed by atoms with Gasteiger partial charge in [0.25, 0.3) is 0 Å². The molecule has 1 saturated carbocycles. The number of rotatable bonds is 6. The van der Waals surface area contributed by atoms with Crippen LogP contribution in [0.25, 0.3) is 0 Å². The Morgan fingerprint density at radius 2 is 2.16 bits per heavy atom. The second kappa shape index (κ2) is 6.53. The molecule has 2 rings (SSSR count). The minimum Gasteiger partial charge on any atom is -0.376 e. The van der Waals surface area contributed by atoms with Crippen LogP contribution in [0, 0.1) is 0 Å². The van der Waals surface area contributed by atoms with Crippen molar-refractivity contribution in [3.8, 4) is 0 Å². The van der Waals surface area contributed by atoms with E-state index in [2.05, 4.69) is 28.0 Å². The summed E-state index contributed by atoms with van der Waals surface area (Å²) < 4.78 is 8.23. The van der Waals surface area contributed by atoms with E-state index in [-0.39, 0.29) is 11.6 Å². The van der Waals surface area contributed by atoms with Crippen LogP contribution in [-0.2, 0) is 11.3 Å². The number of nitrogens with one attached hydrogen (secondary N) is 1. The average molecular weight is 265 g/mol. The van der Waals surface area contributed by atoms with Crippen molar-refractivity contribution in [3.63, 3.8) is 0 Å². The number of methoxy groups -OCH3 is 1. The zero-order valence-electron chi connectivity index (χ0n) is 12.5. The summed E-state index contributed by atoms with van der Waals surface area (Å²) in [7, 11) is 3.87. The molecule has 1 unspecified atom stereocenters. The largest absolute Gasteiger partial charge is 0.376 e. The third-order valence-electron chi connectivity index (χ3n) is 4.39. The summed E-state index contributed by atoms with van der Waals surface area (Å²) >= 11 is 0. The number of likely N-dealkylation sites (N-methyl/N-ethyl adjacent to an activating group) is 1. The fourth-order valence-corrected chi connectivity index (χ4v) is 3.40. The van der Waals surface area contributed by atoms with Crippen molar-refractivity contribution in [2.45, 2.75) is 63.6 Å². The molecule has 1 aliphatic carbocycles. The van der Waals surface area contributed by atoms with Gasteiger partial charge in [-0.3, -0.25) is 0 Å². The highest BCUT2D eigenvalue weighted by Crippen LogP contribution is 2.40. The van der Waals surface area contributed by atoms with E-state index in [9.17, 15) is 0 Å². The minimum absolute atomic E-state index is 0.0934.